The molecule has 0 bridgehead atoms. The smallest absolute Gasteiger partial charge is 0.115 e. The normalized spacial score (nSPS) is 12.6. The molecular formula is C15H19BrN2S. The molecule has 0 fully saturated rings. The maximum absolute atomic E-state index is 4.71. The fraction of sp³-hybridized carbons (Fsp3) is 0.400. The monoisotopic (exact) mass is 338 g/mol. The SMILES string of the molecule is CCCNC(c1ccc(Br)cc1)c1nc(C)c(C)s1. The predicted molar refractivity (Wildman–Crippen MR) is 85.9 cm³/mol. The van der Waals surface area contributed by atoms with Crippen molar-refractivity contribution in [2.24, 2.45) is 0 Å². The van der Waals surface area contributed by atoms with Gasteiger partial charge < -0.3 is 5.32 Å². The predicted octanol–water partition coefficient (Wildman–Crippen LogP) is 4.61. The second-order valence-corrected chi connectivity index (χ2v) is 6.78. The van der Waals surface area contributed by atoms with Crippen molar-refractivity contribution < 1.29 is 0 Å². The Morgan fingerprint density at radius 2 is 1.95 bits per heavy atom. The van der Waals surface area contributed by atoms with Crippen LogP contribution in [0.5, 0.6) is 0 Å². The Balaban J connectivity index is 2.32. The van der Waals surface area contributed by atoms with Gasteiger partial charge in [-0.15, -0.1) is 11.3 Å². The maximum Gasteiger partial charge on any atom is 0.115 e. The number of halogens is 1. The third kappa shape index (κ3) is 3.65. The summed E-state index contributed by atoms with van der Waals surface area (Å²) in [6.45, 7) is 7.39. The van der Waals surface area contributed by atoms with Crippen molar-refractivity contribution in [3.05, 3.63) is 49.9 Å². The second kappa shape index (κ2) is 6.64. The number of nitrogens with one attached hydrogen (secondary N) is 1. The first-order valence-electron chi connectivity index (χ1n) is 6.54. The van der Waals surface area contributed by atoms with Crippen LogP contribution in [-0.4, -0.2) is 11.5 Å². The molecule has 1 unspecified atom stereocenters. The van der Waals surface area contributed by atoms with Crippen LogP contribution >= 0.6 is 27.3 Å². The van der Waals surface area contributed by atoms with E-state index in [2.05, 4.69) is 66.3 Å². The molecule has 0 aliphatic carbocycles. The van der Waals surface area contributed by atoms with Gasteiger partial charge in [-0.25, -0.2) is 4.98 Å². The van der Waals surface area contributed by atoms with Gasteiger partial charge in [0, 0.05) is 9.35 Å². The Labute approximate surface area is 127 Å². The molecule has 2 nitrogen and oxygen atoms in total. The first-order valence-corrected chi connectivity index (χ1v) is 8.15. The maximum atomic E-state index is 4.71. The summed E-state index contributed by atoms with van der Waals surface area (Å²) in [5.74, 6) is 0. The molecule has 1 aromatic heterocycles. The van der Waals surface area contributed by atoms with Crippen molar-refractivity contribution in [1.82, 2.24) is 10.3 Å². The van der Waals surface area contributed by atoms with E-state index in [1.165, 1.54) is 10.4 Å². The highest BCUT2D eigenvalue weighted by Crippen LogP contribution is 2.28. The lowest BCUT2D eigenvalue weighted by Crippen LogP contribution is -2.23. The van der Waals surface area contributed by atoms with Crippen LogP contribution < -0.4 is 5.32 Å². The number of benzene rings is 1. The van der Waals surface area contributed by atoms with Crippen molar-refractivity contribution in [2.75, 3.05) is 6.54 Å². The van der Waals surface area contributed by atoms with Gasteiger partial charge >= 0.3 is 0 Å². The van der Waals surface area contributed by atoms with Crippen molar-refractivity contribution in [2.45, 2.75) is 33.2 Å². The summed E-state index contributed by atoms with van der Waals surface area (Å²) in [6.07, 6.45) is 1.12. The summed E-state index contributed by atoms with van der Waals surface area (Å²) in [4.78, 5) is 6.01. The summed E-state index contributed by atoms with van der Waals surface area (Å²) in [7, 11) is 0. The minimum atomic E-state index is 0.199. The molecule has 2 rings (SSSR count). The molecule has 4 heteroatoms. The van der Waals surface area contributed by atoms with Crippen molar-refractivity contribution >= 4 is 27.3 Å². The van der Waals surface area contributed by atoms with Crippen LogP contribution in [0.4, 0.5) is 0 Å². The van der Waals surface area contributed by atoms with Crippen LogP contribution in [0.15, 0.2) is 28.7 Å². The van der Waals surface area contributed by atoms with Gasteiger partial charge in [0.25, 0.3) is 0 Å². The van der Waals surface area contributed by atoms with E-state index in [0.29, 0.717) is 0 Å². The first-order chi connectivity index (χ1) is 9.11. The van der Waals surface area contributed by atoms with Crippen LogP contribution in [-0.2, 0) is 0 Å². The van der Waals surface area contributed by atoms with E-state index in [4.69, 9.17) is 4.98 Å². The zero-order valence-electron chi connectivity index (χ0n) is 11.5. The van der Waals surface area contributed by atoms with Gasteiger partial charge in [-0.1, -0.05) is 35.0 Å². The highest BCUT2D eigenvalue weighted by molar-refractivity contribution is 9.10. The molecule has 1 heterocycles. The van der Waals surface area contributed by atoms with Crippen LogP contribution in [0.2, 0.25) is 0 Å². The standard InChI is InChI=1S/C15H19BrN2S/c1-4-9-17-14(12-5-7-13(16)8-6-12)15-18-10(2)11(3)19-15/h5-8,14,17H,4,9H2,1-3H3. The molecule has 0 saturated carbocycles. The van der Waals surface area contributed by atoms with Crippen molar-refractivity contribution in [3.8, 4) is 0 Å². The minimum Gasteiger partial charge on any atom is -0.304 e. The quantitative estimate of drug-likeness (QED) is 0.860. The highest BCUT2D eigenvalue weighted by atomic mass is 79.9. The minimum absolute atomic E-state index is 0.199. The summed E-state index contributed by atoms with van der Waals surface area (Å²) >= 11 is 5.27. The van der Waals surface area contributed by atoms with E-state index in [0.717, 1.165) is 28.1 Å². The molecule has 0 saturated heterocycles. The van der Waals surface area contributed by atoms with Gasteiger partial charge in [-0.3, -0.25) is 0 Å². The lowest BCUT2D eigenvalue weighted by Gasteiger charge is -2.16. The molecule has 0 amide bonds. The fourth-order valence-electron chi connectivity index (χ4n) is 1.91. The Morgan fingerprint density at radius 1 is 1.26 bits per heavy atom. The third-order valence-corrected chi connectivity index (χ3v) is 4.76. The van der Waals surface area contributed by atoms with E-state index < -0.39 is 0 Å². The van der Waals surface area contributed by atoms with E-state index in [1.54, 1.807) is 11.3 Å². The number of aromatic nitrogens is 1. The van der Waals surface area contributed by atoms with Crippen LogP contribution in [0.1, 0.15) is 40.5 Å². The molecule has 0 radical (unpaired) electrons. The number of nitrogens with zero attached hydrogens (tertiary/aromatic N) is 1. The average Bonchev–Trinajstić information content (AvgIpc) is 2.72. The van der Waals surface area contributed by atoms with Crippen LogP contribution in [0.3, 0.4) is 0 Å². The molecule has 19 heavy (non-hydrogen) atoms. The van der Waals surface area contributed by atoms with Gasteiger partial charge in [-0.05, 0) is 44.5 Å². The average molecular weight is 339 g/mol. The molecular weight excluding hydrogens is 320 g/mol. The molecule has 102 valence electrons. The summed E-state index contributed by atoms with van der Waals surface area (Å²) in [6, 6.07) is 8.69. The Bertz CT molecular complexity index is 514. The van der Waals surface area contributed by atoms with Gasteiger partial charge in [0.05, 0.1) is 11.7 Å². The fourth-order valence-corrected chi connectivity index (χ4v) is 3.20. The number of hydrogen-bond acceptors (Lipinski definition) is 3. The lowest BCUT2D eigenvalue weighted by molar-refractivity contribution is 0.595. The Hall–Kier alpha value is -0.710. The molecule has 1 aromatic carbocycles. The van der Waals surface area contributed by atoms with Gasteiger partial charge in [0.15, 0.2) is 0 Å². The highest BCUT2D eigenvalue weighted by Gasteiger charge is 2.17. The van der Waals surface area contributed by atoms with E-state index in [1.807, 2.05) is 0 Å². The largest absolute Gasteiger partial charge is 0.304 e. The Kier molecular flexibility index (Phi) is 5.13. The molecule has 0 aliphatic heterocycles. The summed E-state index contributed by atoms with van der Waals surface area (Å²) in [5.41, 5.74) is 2.41. The van der Waals surface area contributed by atoms with Crippen molar-refractivity contribution in [1.29, 1.82) is 0 Å². The lowest BCUT2D eigenvalue weighted by atomic mass is 10.1. The molecule has 1 N–H and O–H groups in total. The number of thiazole rings is 1. The molecule has 1 atom stereocenters. The van der Waals surface area contributed by atoms with E-state index >= 15 is 0 Å². The Morgan fingerprint density at radius 3 is 2.47 bits per heavy atom. The van der Waals surface area contributed by atoms with Gasteiger partial charge in [0.1, 0.15) is 5.01 Å². The summed E-state index contributed by atoms with van der Waals surface area (Å²) < 4.78 is 1.11. The van der Waals surface area contributed by atoms with E-state index in [-0.39, 0.29) is 6.04 Å². The number of rotatable bonds is 5. The first kappa shape index (κ1) is 14.7. The zero-order valence-corrected chi connectivity index (χ0v) is 13.9. The topological polar surface area (TPSA) is 24.9 Å². The number of hydrogen-bond donors (Lipinski definition) is 1. The molecule has 2 aromatic rings. The number of aryl methyl sites for hydroxylation is 2. The van der Waals surface area contributed by atoms with E-state index in [9.17, 15) is 0 Å². The zero-order chi connectivity index (χ0) is 13.8. The second-order valence-electron chi connectivity index (χ2n) is 4.63. The third-order valence-electron chi connectivity index (χ3n) is 3.09. The van der Waals surface area contributed by atoms with Crippen molar-refractivity contribution in [3.63, 3.8) is 0 Å². The summed E-state index contributed by atoms with van der Waals surface area (Å²) in [5, 5.41) is 4.75. The van der Waals surface area contributed by atoms with Crippen LogP contribution in [0, 0.1) is 13.8 Å². The molecule has 0 aliphatic rings. The molecule has 0 spiro atoms. The van der Waals surface area contributed by atoms with Gasteiger partial charge in [0.2, 0.25) is 0 Å². The van der Waals surface area contributed by atoms with Gasteiger partial charge in [-0.2, -0.15) is 0 Å². The van der Waals surface area contributed by atoms with Crippen LogP contribution in [0.25, 0.3) is 0 Å².